The minimum atomic E-state index is -0.297. The van der Waals surface area contributed by atoms with E-state index in [0.29, 0.717) is 11.0 Å². The Morgan fingerprint density at radius 3 is 2.68 bits per heavy atom. The van der Waals surface area contributed by atoms with Crippen LogP contribution in [0.15, 0.2) is 106 Å². The fourth-order valence-corrected chi connectivity index (χ4v) is 6.88. The Kier molecular flexibility index (Phi) is 3.93. The summed E-state index contributed by atoms with van der Waals surface area (Å²) in [4.78, 5) is 17.4. The van der Waals surface area contributed by atoms with E-state index in [-0.39, 0.29) is 11.0 Å². The van der Waals surface area contributed by atoms with Crippen molar-refractivity contribution in [2.24, 2.45) is 5.41 Å². The minimum absolute atomic E-state index is 0.183. The van der Waals surface area contributed by atoms with Crippen LogP contribution in [0.1, 0.15) is 25.0 Å². The van der Waals surface area contributed by atoms with Crippen molar-refractivity contribution in [3.63, 3.8) is 0 Å². The van der Waals surface area contributed by atoms with Gasteiger partial charge in [-0.25, -0.2) is 4.79 Å². The average Bonchev–Trinajstić information content (AvgIpc) is 3.47. The number of fused-ring (bicyclic) bond motifs is 7. The second kappa shape index (κ2) is 7.04. The van der Waals surface area contributed by atoms with Gasteiger partial charge in [0.25, 0.3) is 0 Å². The molecule has 0 bridgehead atoms. The number of hydrogen-bond donors (Lipinski definition) is 0. The molecule has 0 fully saturated rings. The maximum atomic E-state index is 13.0. The Morgan fingerprint density at radius 2 is 1.76 bits per heavy atom. The molecule has 0 radical (unpaired) electrons. The maximum absolute atomic E-state index is 13.0. The molecule has 0 unspecified atom stereocenters. The number of allylic oxidation sites excluding steroid dienone is 4. The number of aromatic nitrogens is 1. The van der Waals surface area contributed by atoms with Crippen molar-refractivity contribution in [3.05, 3.63) is 128 Å². The Balaban J connectivity index is 1.38. The summed E-state index contributed by atoms with van der Waals surface area (Å²) in [6.45, 7) is 4.68. The molecule has 0 atom stereocenters. The fraction of sp³-hybridized carbons (Fsp3) is 0.118. The zero-order valence-corrected chi connectivity index (χ0v) is 20.6. The third-order valence-corrected chi connectivity index (χ3v) is 8.34. The number of hydrogen-bond acceptors (Lipinski definition) is 3. The SMILES string of the molecule is CC1(C)C2=C(C=C3C=c4ccncc4=C31)Cc1cccc(-c3ccc4c(c3)c(=O)oc3ccccc34)c12. The molecule has 0 saturated heterocycles. The van der Waals surface area contributed by atoms with Crippen molar-refractivity contribution >= 4 is 39.0 Å². The van der Waals surface area contributed by atoms with Crippen LogP contribution in [0.3, 0.4) is 0 Å². The number of rotatable bonds is 1. The van der Waals surface area contributed by atoms with Gasteiger partial charge in [0.2, 0.25) is 0 Å². The summed E-state index contributed by atoms with van der Waals surface area (Å²) in [6.07, 6.45) is 9.47. The van der Waals surface area contributed by atoms with Crippen molar-refractivity contribution in [2.45, 2.75) is 20.3 Å². The summed E-state index contributed by atoms with van der Waals surface area (Å²) in [5.74, 6) is 0. The van der Waals surface area contributed by atoms with Crippen LogP contribution in [0.2, 0.25) is 0 Å². The molecule has 2 heterocycles. The van der Waals surface area contributed by atoms with E-state index in [4.69, 9.17) is 4.42 Å². The molecule has 3 nitrogen and oxygen atoms in total. The van der Waals surface area contributed by atoms with E-state index in [1.807, 2.05) is 42.7 Å². The Labute approximate surface area is 213 Å². The molecule has 37 heavy (non-hydrogen) atoms. The molecular formula is C34H23NO2. The van der Waals surface area contributed by atoms with Crippen LogP contribution in [0.5, 0.6) is 0 Å². The van der Waals surface area contributed by atoms with Crippen molar-refractivity contribution in [1.82, 2.24) is 4.98 Å². The van der Waals surface area contributed by atoms with E-state index < -0.39 is 0 Å². The smallest absolute Gasteiger partial charge is 0.344 e. The first-order chi connectivity index (χ1) is 18.0. The van der Waals surface area contributed by atoms with Crippen molar-refractivity contribution in [3.8, 4) is 11.1 Å². The van der Waals surface area contributed by atoms with Gasteiger partial charge in [-0.1, -0.05) is 68.5 Å². The van der Waals surface area contributed by atoms with Crippen LogP contribution in [-0.2, 0) is 6.42 Å². The first-order valence-corrected chi connectivity index (χ1v) is 12.7. The van der Waals surface area contributed by atoms with Crippen molar-refractivity contribution < 1.29 is 4.42 Å². The van der Waals surface area contributed by atoms with Gasteiger partial charge in [0, 0.05) is 28.4 Å². The van der Waals surface area contributed by atoms with Gasteiger partial charge < -0.3 is 4.42 Å². The molecule has 3 aliphatic rings. The summed E-state index contributed by atoms with van der Waals surface area (Å²) in [6, 6.07) is 22.6. The lowest BCUT2D eigenvalue weighted by molar-refractivity contribution is 0.569. The quantitative estimate of drug-likeness (QED) is 0.222. The number of nitrogens with zero attached hydrogens (tertiary/aromatic N) is 1. The van der Waals surface area contributed by atoms with Crippen LogP contribution >= 0.6 is 0 Å². The zero-order valence-electron chi connectivity index (χ0n) is 20.6. The number of pyridine rings is 1. The minimum Gasteiger partial charge on any atom is -0.422 e. The van der Waals surface area contributed by atoms with Gasteiger partial charge in [-0.3, -0.25) is 4.98 Å². The molecule has 176 valence electrons. The summed E-state index contributed by atoms with van der Waals surface area (Å²) in [5.41, 5.74) is 10.4. The molecule has 2 aromatic heterocycles. The summed E-state index contributed by atoms with van der Waals surface area (Å²) < 4.78 is 5.67. The van der Waals surface area contributed by atoms with Crippen LogP contribution in [-0.4, -0.2) is 4.98 Å². The molecule has 0 amide bonds. The Hall–Kier alpha value is -4.50. The van der Waals surface area contributed by atoms with Crippen molar-refractivity contribution in [2.75, 3.05) is 0 Å². The molecule has 0 saturated carbocycles. The second-order valence-corrected chi connectivity index (χ2v) is 10.8. The second-order valence-electron chi connectivity index (χ2n) is 10.8. The Morgan fingerprint density at radius 1 is 0.865 bits per heavy atom. The lowest BCUT2D eigenvalue weighted by atomic mass is 9.68. The highest BCUT2D eigenvalue weighted by Gasteiger charge is 2.41. The van der Waals surface area contributed by atoms with Crippen LogP contribution in [0, 0.1) is 5.41 Å². The highest BCUT2D eigenvalue weighted by Crippen LogP contribution is 2.56. The lowest BCUT2D eigenvalue weighted by Crippen LogP contribution is -2.30. The number of para-hydroxylation sites is 1. The monoisotopic (exact) mass is 477 g/mol. The van der Waals surface area contributed by atoms with Gasteiger partial charge in [-0.15, -0.1) is 0 Å². The highest BCUT2D eigenvalue weighted by molar-refractivity contribution is 6.07. The van der Waals surface area contributed by atoms with Gasteiger partial charge >= 0.3 is 5.63 Å². The first-order valence-electron chi connectivity index (χ1n) is 12.7. The first kappa shape index (κ1) is 20.7. The largest absolute Gasteiger partial charge is 0.422 e. The van der Waals surface area contributed by atoms with E-state index in [0.717, 1.165) is 28.3 Å². The molecular weight excluding hydrogens is 454 g/mol. The average molecular weight is 478 g/mol. The fourth-order valence-electron chi connectivity index (χ4n) is 6.88. The predicted octanol–water partition coefficient (Wildman–Crippen LogP) is 5.93. The zero-order chi connectivity index (χ0) is 24.9. The third-order valence-electron chi connectivity index (χ3n) is 8.34. The molecule has 3 aliphatic carbocycles. The molecule has 3 heteroatoms. The van der Waals surface area contributed by atoms with E-state index >= 15 is 0 Å². The molecule has 5 aromatic rings. The molecule has 8 rings (SSSR count). The molecule has 0 aliphatic heterocycles. The summed E-state index contributed by atoms with van der Waals surface area (Å²) >= 11 is 0. The topological polar surface area (TPSA) is 43.1 Å². The van der Waals surface area contributed by atoms with Crippen LogP contribution in [0.4, 0.5) is 0 Å². The van der Waals surface area contributed by atoms with Crippen molar-refractivity contribution in [1.29, 1.82) is 0 Å². The van der Waals surface area contributed by atoms with E-state index in [2.05, 4.69) is 67.4 Å². The summed E-state index contributed by atoms with van der Waals surface area (Å²) in [5, 5.41) is 4.97. The lowest BCUT2D eigenvalue weighted by Gasteiger charge is -2.35. The summed E-state index contributed by atoms with van der Waals surface area (Å²) in [7, 11) is 0. The van der Waals surface area contributed by atoms with Gasteiger partial charge in [0.15, 0.2) is 0 Å². The molecule has 3 aromatic carbocycles. The predicted molar refractivity (Wildman–Crippen MR) is 149 cm³/mol. The van der Waals surface area contributed by atoms with E-state index in [1.54, 1.807) is 0 Å². The standard InChI is InChI=1S/C34H23NO2/c1-34(2)31-22(14-20-12-13-35-18-28(20)31)16-23-15-21-6-5-8-24(30(21)32(23)34)19-10-11-25-26-7-3-4-9-29(26)37-33(36)27(25)17-19/h3-14,16-18H,15H2,1-2H3. The van der Waals surface area contributed by atoms with Gasteiger partial charge in [-0.05, 0) is 85.8 Å². The van der Waals surface area contributed by atoms with Crippen LogP contribution < -0.4 is 16.1 Å². The van der Waals surface area contributed by atoms with E-state index in [9.17, 15) is 4.79 Å². The van der Waals surface area contributed by atoms with E-state index in [1.165, 1.54) is 43.9 Å². The highest BCUT2D eigenvalue weighted by atomic mass is 16.4. The van der Waals surface area contributed by atoms with Gasteiger partial charge in [-0.2, -0.15) is 0 Å². The molecule has 0 spiro atoms. The van der Waals surface area contributed by atoms with Crippen LogP contribution in [0.25, 0.3) is 50.1 Å². The molecule has 0 N–H and O–H groups in total. The third kappa shape index (κ3) is 2.71. The normalized spacial score (nSPS) is 16.8. The Bertz CT molecular complexity index is 2100. The number of benzene rings is 3. The van der Waals surface area contributed by atoms with Gasteiger partial charge in [0.1, 0.15) is 5.58 Å². The van der Waals surface area contributed by atoms with Gasteiger partial charge in [0.05, 0.1) is 5.39 Å². The maximum Gasteiger partial charge on any atom is 0.344 e.